The van der Waals surface area contributed by atoms with Crippen molar-refractivity contribution in [2.24, 2.45) is 0 Å². The SMILES string of the molecule is COP([O-])(O)(O)OC. The van der Waals surface area contributed by atoms with E-state index in [0.29, 0.717) is 0 Å². The first kappa shape index (κ1) is 8.23. The summed E-state index contributed by atoms with van der Waals surface area (Å²) in [6, 6.07) is 0. The molecule has 0 heterocycles. The molecule has 0 aromatic carbocycles. The van der Waals surface area contributed by atoms with Gasteiger partial charge in [0.2, 0.25) is 0 Å². The van der Waals surface area contributed by atoms with Gasteiger partial charge in [-0.05, 0) is 0 Å². The molecule has 8 heavy (non-hydrogen) atoms. The van der Waals surface area contributed by atoms with Crippen LogP contribution in [0.15, 0.2) is 0 Å². The summed E-state index contributed by atoms with van der Waals surface area (Å²) in [6.07, 6.45) is 0. The molecule has 0 amide bonds. The minimum absolute atomic E-state index is 0.869. The van der Waals surface area contributed by atoms with E-state index in [1.807, 2.05) is 0 Å². The van der Waals surface area contributed by atoms with Crippen molar-refractivity contribution in [2.75, 3.05) is 14.2 Å². The van der Waals surface area contributed by atoms with Crippen LogP contribution in [0.5, 0.6) is 0 Å². The maximum absolute atomic E-state index is 10.2. The van der Waals surface area contributed by atoms with E-state index >= 15 is 0 Å². The Morgan fingerprint density at radius 3 is 1.50 bits per heavy atom. The predicted octanol–water partition coefficient (Wildman–Crippen LogP) is -1.25. The minimum atomic E-state index is -5.35. The van der Waals surface area contributed by atoms with Crippen molar-refractivity contribution in [2.45, 2.75) is 0 Å². The van der Waals surface area contributed by atoms with Crippen molar-refractivity contribution in [1.29, 1.82) is 0 Å². The molecular formula is C2H8O5P-. The molecule has 2 N–H and O–H groups in total. The summed E-state index contributed by atoms with van der Waals surface area (Å²) in [5.74, 6) is 0. The third-order valence-electron chi connectivity index (χ3n) is 0.625. The first-order valence-electron chi connectivity index (χ1n) is 1.76. The van der Waals surface area contributed by atoms with Gasteiger partial charge in [-0.1, -0.05) is 0 Å². The van der Waals surface area contributed by atoms with E-state index in [9.17, 15) is 4.89 Å². The Kier molecular flexibility index (Phi) is 1.93. The summed E-state index contributed by atoms with van der Waals surface area (Å²) in [6.45, 7) is 0. The quantitative estimate of drug-likeness (QED) is 0.472. The van der Waals surface area contributed by atoms with Gasteiger partial charge in [-0.2, -0.15) is 0 Å². The molecule has 0 bridgehead atoms. The van der Waals surface area contributed by atoms with Crippen LogP contribution >= 0.6 is 7.74 Å². The molecular weight excluding hydrogens is 135 g/mol. The molecule has 0 saturated heterocycles. The van der Waals surface area contributed by atoms with E-state index in [-0.39, 0.29) is 0 Å². The van der Waals surface area contributed by atoms with Crippen molar-refractivity contribution in [1.82, 2.24) is 0 Å². The van der Waals surface area contributed by atoms with Gasteiger partial charge >= 0.3 is 45.7 Å². The molecule has 0 aliphatic heterocycles. The van der Waals surface area contributed by atoms with Gasteiger partial charge in [0.25, 0.3) is 0 Å². The Balaban J connectivity index is 3.99. The van der Waals surface area contributed by atoms with Crippen LogP contribution < -0.4 is 4.89 Å². The molecule has 0 aliphatic rings. The van der Waals surface area contributed by atoms with Gasteiger partial charge in [0.05, 0.1) is 0 Å². The van der Waals surface area contributed by atoms with E-state index in [1.165, 1.54) is 0 Å². The van der Waals surface area contributed by atoms with E-state index in [4.69, 9.17) is 9.79 Å². The molecule has 0 saturated carbocycles. The summed E-state index contributed by atoms with van der Waals surface area (Å²) < 4.78 is 7.48. The van der Waals surface area contributed by atoms with Gasteiger partial charge in [-0.15, -0.1) is 0 Å². The summed E-state index contributed by atoms with van der Waals surface area (Å²) in [4.78, 5) is 26.8. The maximum atomic E-state index is 10.2. The van der Waals surface area contributed by atoms with Crippen LogP contribution in [-0.2, 0) is 9.05 Å². The molecule has 0 aromatic rings. The van der Waals surface area contributed by atoms with Crippen molar-refractivity contribution in [3.8, 4) is 0 Å². The van der Waals surface area contributed by atoms with E-state index in [2.05, 4.69) is 9.05 Å². The normalized spacial score (nSPS) is 17.4. The second-order valence-corrected chi connectivity index (χ2v) is 3.50. The van der Waals surface area contributed by atoms with Crippen LogP contribution in [0.4, 0.5) is 0 Å². The summed E-state index contributed by atoms with van der Waals surface area (Å²) in [5, 5.41) is 0. The van der Waals surface area contributed by atoms with Crippen molar-refractivity contribution in [3.63, 3.8) is 0 Å². The zero-order valence-corrected chi connectivity index (χ0v) is 5.46. The van der Waals surface area contributed by atoms with E-state index in [0.717, 1.165) is 14.2 Å². The van der Waals surface area contributed by atoms with Crippen molar-refractivity contribution in [3.05, 3.63) is 0 Å². The average Bonchev–Trinajstić information content (AvgIpc) is 1.68. The first-order chi connectivity index (χ1) is 3.39. The fourth-order valence-electron chi connectivity index (χ4n) is 0.0745. The van der Waals surface area contributed by atoms with Crippen LogP contribution in [0, 0.1) is 0 Å². The van der Waals surface area contributed by atoms with Crippen LogP contribution in [0.1, 0.15) is 0 Å². The van der Waals surface area contributed by atoms with Crippen molar-refractivity contribution < 1.29 is 23.7 Å². The Morgan fingerprint density at radius 2 is 1.50 bits per heavy atom. The molecule has 6 heteroatoms. The Hall–Kier alpha value is 0.230. The van der Waals surface area contributed by atoms with Gasteiger partial charge in [-0.3, -0.25) is 0 Å². The molecule has 0 aromatic heterocycles. The molecule has 0 spiro atoms. The first-order valence-corrected chi connectivity index (χ1v) is 3.66. The average molecular weight is 143 g/mol. The third-order valence-corrected chi connectivity index (χ3v) is 1.87. The van der Waals surface area contributed by atoms with Gasteiger partial charge in [0.15, 0.2) is 0 Å². The topological polar surface area (TPSA) is 82.0 Å². The van der Waals surface area contributed by atoms with E-state index in [1.54, 1.807) is 0 Å². The molecule has 0 aliphatic carbocycles. The fourth-order valence-corrected chi connectivity index (χ4v) is 0.224. The van der Waals surface area contributed by atoms with Gasteiger partial charge in [-0.25, -0.2) is 0 Å². The van der Waals surface area contributed by atoms with Gasteiger partial charge in [0.1, 0.15) is 0 Å². The summed E-state index contributed by atoms with van der Waals surface area (Å²) in [5.41, 5.74) is 0. The number of rotatable bonds is 2. The van der Waals surface area contributed by atoms with Crippen LogP contribution in [0.25, 0.3) is 0 Å². The molecule has 0 atom stereocenters. The second-order valence-electron chi connectivity index (χ2n) is 1.17. The second kappa shape index (κ2) is 1.88. The zero-order valence-electron chi connectivity index (χ0n) is 4.57. The molecule has 0 unspecified atom stereocenters. The third kappa shape index (κ3) is 2.52. The Bertz CT molecular complexity index is 74.2. The number of hydrogen-bond donors (Lipinski definition) is 2. The van der Waals surface area contributed by atoms with E-state index < -0.39 is 7.74 Å². The van der Waals surface area contributed by atoms with Gasteiger partial charge in [0, 0.05) is 0 Å². The summed E-state index contributed by atoms with van der Waals surface area (Å²) >= 11 is 0. The number of hydrogen-bond acceptors (Lipinski definition) is 5. The monoisotopic (exact) mass is 143 g/mol. The van der Waals surface area contributed by atoms with Gasteiger partial charge < -0.3 is 0 Å². The predicted molar refractivity (Wildman–Crippen MR) is 25.4 cm³/mol. The fraction of sp³-hybridized carbons (Fsp3) is 1.00. The molecule has 0 rings (SSSR count). The Morgan fingerprint density at radius 1 is 1.25 bits per heavy atom. The Labute approximate surface area is 46.8 Å². The molecule has 0 fully saturated rings. The zero-order chi connectivity index (χ0) is 6.86. The standard InChI is InChI=1S/C2H8O5P/c1-6-8(3,4,5)7-2/h3-4H,1-2H3/q-1. The molecule has 0 radical (unpaired) electrons. The van der Waals surface area contributed by atoms with Crippen LogP contribution in [0.2, 0.25) is 0 Å². The summed E-state index contributed by atoms with van der Waals surface area (Å²) in [7, 11) is -3.61. The van der Waals surface area contributed by atoms with Crippen LogP contribution in [0.3, 0.4) is 0 Å². The van der Waals surface area contributed by atoms with Crippen molar-refractivity contribution >= 4 is 7.74 Å². The van der Waals surface area contributed by atoms with Crippen LogP contribution in [-0.4, -0.2) is 24.0 Å². The molecule has 5 nitrogen and oxygen atoms in total. The molecule has 52 valence electrons.